The summed E-state index contributed by atoms with van der Waals surface area (Å²) < 4.78 is 32.0. The third kappa shape index (κ3) is 4.42. The summed E-state index contributed by atoms with van der Waals surface area (Å²) in [5, 5.41) is 0. The molecule has 0 spiro atoms. The fourth-order valence-corrected chi connectivity index (χ4v) is 4.07. The van der Waals surface area contributed by atoms with Gasteiger partial charge in [-0.3, -0.25) is 4.79 Å². The Morgan fingerprint density at radius 2 is 1.80 bits per heavy atom. The number of Topliss-reactive ketones (excluding diaryl/α,β-unsaturated/α-hetero) is 1. The van der Waals surface area contributed by atoms with Gasteiger partial charge in [-0.25, -0.2) is 8.42 Å². The second-order valence-corrected chi connectivity index (χ2v) is 8.42. The Hall–Kier alpha value is -1.83. The lowest BCUT2D eigenvalue weighted by Crippen LogP contribution is -2.26. The number of hydrogen-bond acceptors (Lipinski definition) is 5. The van der Waals surface area contributed by atoms with E-state index in [9.17, 15) is 13.2 Å². The third-order valence-corrected chi connectivity index (χ3v) is 6.42. The predicted molar refractivity (Wildman–Crippen MR) is 99.9 cm³/mol. The first-order valence-corrected chi connectivity index (χ1v) is 10.2. The second-order valence-electron chi connectivity index (χ2n) is 5.53. The molecule has 0 aliphatic rings. The van der Waals surface area contributed by atoms with E-state index in [-0.39, 0.29) is 17.2 Å². The van der Waals surface area contributed by atoms with Crippen molar-refractivity contribution < 1.29 is 17.9 Å². The summed E-state index contributed by atoms with van der Waals surface area (Å²) in [4.78, 5) is 12.5. The van der Waals surface area contributed by atoms with Gasteiger partial charge in [0, 0.05) is 24.1 Å². The summed E-state index contributed by atoms with van der Waals surface area (Å²) in [6.45, 7) is 1.67. The molecule has 0 radical (unpaired) electrons. The number of methoxy groups -OCH3 is 1. The molecule has 0 heterocycles. The van der Waals surface area contributed by atoms with Crippen LogP contribution in [0.5, 0.6) is 5.75 Å². The van der Waals surface area contributed by atoms with Crippen LogP contribution in [0.3, 0.4) is 0 Å². The molecule has 0 aliphatic carbocycles. The van der Waals surface area contributed by atoms with Gasteiger partial charge in [-0.1, -0.05) is 18.2 Å². The number of carbonyl (C=O) groups is 1. The highest BCUT2D eigenvalue weighted by Crippen LogP contribution is 2.29. The van der Waals surface area contributed by atoms with Crippen LogP contribution in [0, 0.1) is 0 Å². The van der Waals surface area contributed by atoms with E-state index in [0.717, 1.165) is 16.2 Å². The summed E-state index contributed by atoms with van der Waals surface area (Å²) in [6.07, 6.45) is 1.96. The first-order chi connectivity index (χ1) is 11.8. The van der Waals surface area contributed by atoms with Crippen LogP contribution in [0.25, 0.3) is 0 Å². The van der Waals surface area contributed by atoms with Gasteiger partial charge in [-0.15, -0.1) is 11.8 Å². The lowest BCUT2D eigenvalue weighted by molar-refractivity contribution is 0.101. The molecule has 0 aromatic heterocycles. The highest BCUT2D eigenvalue weighted by Gasteiger charge is 2.21. The zero-order valence-electron chi connectivity index (χ0n) is 14.6. The molecule has 2 aromatic rings. The number of ether oxygens (including phenoxy) is 1. The molecular formula is C18H21NO4S2. The average molecular weight is 380 g/mol. The van der Waals surface area contributed by atoms with E-state index < -0.39 is 10.0 Å². The molecule has 7 heteroatoms. The van der Waals surface area contributed by atoms with E-state index in [0.29, 0.717) is 5.56 Å². The average Bonchev–Trinajstić information content (AvgIpc) is 2.61. The number of benzene rings is 2. The topological polar surface area (TPSA) is 63.7 Å². The molecular weight excluding hydrogens is 358 g/mol. The van der Waals surface area contributed by atoms with Gasteiger partial charge in [0.05, 0.1) is 12.0 Å². The molecule has 0 saturated carbocycles. The Labute approximate surface area is 153 Å². The van der Waals surface area contributed by atoms with Crippen molar-refractivity contribution in [3.05, 3.63) is 53.6 Å². The number of thioether (sulfide) groups is 1. The molecule has 0 atom stereocenters. The quantitative estimate of drug-likeness (QED) is 0.545. The second kappa shape index (κ2) is 8.03. The molecule has 0 amide bonds. The fraction of sp³-hybridized carbons (Fsp3) is 0.278. The lowest BCUT2D eigenvalue weighted by Gasteiger charge is -2.18. The molecule has 0 fully saturated rings. The molecule has 2 rings (SSSR count). The number of carbonyl (C=O) groups excluding carboxylic acids is 1. The van der Waals surface area contributed by atoms with E-state index in [2.05, 4.69) is 0 Å². The summed E-state index contributed by atoms with van der Waals surface area (Å²) in [7, 11) is -0.515. The molecule has 0 unspecified atom stereocenters. The van der Waals surface area contributed by atoms with Crippen molar-refractivity contribution in [2.24, 2.45) is 0 Å². The van der Waals surface area contributed by atoms with Crippen LogP contribution in [0.15, 0.2) is 52.3 Å². The molecule has 2 aromatic carbocycles. The van der Waals surface area contributed by atoms with Gasteiger partial charge >= 0.3 is 0 Å². The van der Waals surface area contributed by atoms with Crippen LogP contribution in [0.2, 0.25) is 0 Å². The highest BCUT2D eigenvalue weighted by molar-refractivity contribution is 7.98. The number of sulfonamides is 1. The van der Waals surface area contributed by atoms with Gasteiger partial charge in [-0.2, -0.15) is 4.31 Å². The van der Waals surface area contributed by atoms with Crippen LogP contribution in [0.4, 0.5) is 0 Å². The van der Waals surface area contributed by atoms with Crippen molar-refractivity contribution in [3.63, 3.8) is 0 Å². The van der Waals surface area contributed by atoms with E-state index in [4.69, 9.17) is 4.74 Å². The zero-order valence-corrected chi connectivity index (χ0v) is 16.3. The van der Waals surface area contributed by atoms with Gasteiger partial charge in [0.1, 0.15) is 5.75 Å². The third-order valence-electron chi connectivity index (χ3n) is 3.82. The molecule has 0 N–H and O–H groups in total. The van der Waals surface area contributed by atoms with Crippen LogP contribution in [-0.2, 0) is 16.6 Å². The minimum atomic E-state index is -3.64. The van der Waals surface area contributed by atoms with Crippen LogP contribution in [0.1, 0.15) is 22.8 Å². The summed E-state index contributed by atoms with van der Waals surface area (Å²) in [6, 6.07) is 11.6. The largest absolute Gasteiger partial charge is 0.496 e. The van der Waals surface area contributed by atoms with E-state index >= 15 is 0 Å². The minimum absolute atomic E-state index is 0.0988. The van der Waals surface area contributed by atoms with Gasteiger partial charge in [0.2, 0.25) is 10.0 Å². The molecule has 0 bridgehead atoms. The van der Waals surface area contributed by atoms with E-state index in [1.54, 1.807) is 18.9 Å². The molecule has 25 heavy (non-hydrogen) atoms. The lowest BCUT2D eigenvalue weighted by atomic mass is 10.2. The van der Waals surface area contributed by atoms with Crippen molar-refractivity contribution in [1.82, 2.24) is 4.31 Å². The Morgan fingerprint density at radius 3 is 2.32 bits per heavy atom. The maximum absolute atomic E-state index is 12.7. The standard InChI is InChI=1S/C18H21NO4S2/c1-13(20)15-6-8-16(9-7-15)25(21,22)19(2)12-14-5-10-18(24-4)17(11-14)23-3/h5-11H,12H2,1-4H3. The van der Waals surface area contributed by atoms with Crippen LogP contribution in [-0.4, -0.2) is 38.9 Å². The number of ketones is 1. The number of rotatable bonds is 7. The van der Waals surface area contributed by atoms with Gasteiger partial charge in [0.25, 0.3) is 0 Å². The van der Waals surface area contributed by atoms with Crippen LogP contribution >= 0.6 is 11.8 Å². The number of nitrogens with zero attached hydrogens (tertiary/aromatic N) is 1. The minimum Gasteiger partial charge on any atom is -0.496 e. The SMILES string of the molecule is COc1cc(CN(C)S(=O)(=O)c2ccc(C(C)=O)cc2)ccc1SC. The van der Waals surface area contributed by atoms with Gasteiger partial charge < -0.3 is 4.74 Å². The van der Waals surface area contributed by atoms with Crippen molar-refractivity contribution in [1.29, 1.82) is 0 Å². The molecule has 0 saturated heterocycles. The summed E-state index contributed by atoms with van der Waals surface area (Å²) in [5.74, 6) is 0.625. The monoisotopic (exact) mass is 379 g/mol. The number of hydrogen-bond donors (Lipinski definition) is 0. The van der Waals surface area contributed by atoms with Crippen molar-refractivity contribution in [2.45, 2.75) is 23.3 Å². The maximum Gasteiger partial charge on any atom is 0.243 e. The predicted octanol–water partition coefficient (Wildman–Crippen LogP) is 3.44. The normalized spacial score (nSPS) is 11.6. The highest BCUT2D eigenvalue weighted by atomic mass is 32.2. The Balaban J connectivity index is 2.24. The molecule has 134 valence electrons. The summed E-state index contributed by atoms with van der Waals surface area (Å²) >= 11 is 1.57. The van der Waals surface area contributed by atoms with Gasteiger partial charge in [0.15, 0.2) is 5.78 Å². The Morgan fingerprint density at radius 1 is 1.16 bits per heavy atom. The van der Waals surface area contributed by atoms with Crippen molar-refractivity contribution in [2.75, 3.05) is 20.4 Å². The first kappa shape index (κ1) is 19.5. The molecule has 0 aliphatic heterocycles. The van der Waals surface area contributed by atoms with Crippen molar-refractivity contribution >= 4 is 27.6 Å². The van der Waals surface area contributed by atoms with Gasteiger partial charge in [-0.05, 0) is 43.0 Å². The Bertz CT molecular complexity index is 861. The fourth-order valence-electron chi connectivity index (χ4n) is 2.36. The maximum atomic E-state index is 12.7. The molecule has 5 nitrogen and oxygen atoms in total. The first-order valence-electron chi connectivity index (χ1n) is 7.58. The Kier molecular flexibility index (Phi) is 6.26. The van der Waals surface area contributed by atoms with Crippen molar-refractivity contribution in [3.8, 4) is 5.75 Å². The zero-order chi connectivity index (χ0) is 18.6. The summed E-state index contributed by atoms with van der Waals surface area (Å²) in [5.41, 5.74) is 1.32. The van der Waals surface area contributed by atoms with Crippen LogP contribution < -0.4 is 4.74 Å². The van der Waals surface area contributed by atoms with E-state index in [1.165, 1.54) is 42.5 Å². The smallest absolute Gasteiger partial charge is 0.243 e. The van der Waals surface area contributed by atoms with E-state index in [1.807, 2.05) is 24.5 Å².